The normalized spacial score (nSPS) is 17.9. The van der Waals surface area contributed by atoms with E-state index in [9.17, 15) is 4.79 Å². The number of rotatable bonds is 2. The van der Waals surface area contributed by atoms with E-state index in [2.05, 4.69) is 0 Å². The molecule has 0 bridgehead atoms. The summed E-state index contributed by atoms with van der Waals surface area (Å²) < 4.78 is 0. The van der Waals surface area contributed by atoms with Crippen LogP contribution in [0.4, 0.5) is 0 Å². The molecule has 1 aromatic heterocycles. The molecule has 1 amide bonds. The summed E-state index contributed by atoms with van der Waals surface area (Å²) in [6, 6.07) is 4.06. The van der Waals surface area contributed by atoms with E-state index in [4.69, 9.17) is 0 Å². The van der Waals surface area contributed by atoms with E-state index in [0.717, 1.165) is 36.4 Å². The number of likely N-dealkylation sites (tertiary alicyclic amines) is 1. The molecule has 1 fully saturated rings. The second-order valence-electron chi connectivity index (χ2n) is 4.55. The highest BCUT2D eigenvalue weighted by Crippen LogP contribution is 2.16. The molecular weight excluding hydrogens is 230 g/mol. The van der Waals surface area contributed by atoms with Crippen LogP contribution in [0.3, 0.4) is 0 Å². The van der Waals surface area contributed by atoms with Gasteiger partial charge >= 0.3 is 0 Å². The van der Waals surface area contributed by atoms with Crippen LogP contribution in [0.15, 0.2) is 23.1 Å². The van der Waals surface area contributed by atoms with Crippen molar-refractivity contribution in [2.75, 3.05) is 13.1 Å². The molecule has 0 radical (unpaired) electrons. The van der Waals surface area contributed by atoms with Crippen molar-refractivity contribution >= 4 is 23.3 Å². The minimum absolute atomic E-state index is 0.209. The molecule has 0 aliphatic carbocycles. The number of hydrogen-bond donors (Lipinski definition) is 0. The van der Waals surface area contributed by atoms with Gasteiger partial charge in [-0.25, -0.2) is 0 Å². The first-order chi connectivity index (χ1) is 8.27. The van der Waals surface area contributed by atoms with Gasteiger partial charge in [0.25, 0.3) is 0 Å². The number of carbonyl (C=O) groups excluding carboxylic acids is 1. The smallest absolute Gasteiger partial charge is 0.249 e. The van der Waals surface area contributed by atoms with Gasteiger partial charge in [-0.1, -0.05) is 18.9 Å². The Morgan fingerprint density at radius 1 is 1.29 bits per heavy atom. The third-order valence-electron chi connectivity index (χ3n) is 3.13. The predicted octanol–water partition coefficient (Wildman–Crippen LogP) is 3.55. The molecule has 0 aromatic carbocycles. The number of hydrogen-bond acceptors (Lipinski definition) is 2. The average Bonchev–Trinajstić information content (AvgIpc) is 2.68. The zero-order valence-electron chi connectivity index (χ0n) is 10.3. The maximum atomic E-state index is 12.2. The Morgan fingerprint density at radius 2 is 2.00 bits per heavy atom. The van der Waals surface area contributed by atoms with E-state index in [-0.39, 0.29) is 5.91 Å². The van der Waals surface area contributed by atoms with E-state index in [0.29, 0.717) is 0 Å². The molecule has 1 aliphatic rings. The lowest BCUT2D eigenvalue weighted by molar-refractivity contribution is -0.126. The summed E-state index contributed by atoms with van der Waals surface area (Å²) in [5.41, 5.74) is 0.856. The molecule has 0 atom stereocenters. The van der Waals surface area contributed by atoms with Gasteiger partial charge in [-0.2, -0.15) is 0 Å². The fourth-order valence-corrected chi connectivity index (χ4v) is 2.89. The molecule has 1 aliphatic heterocycles. The molecule has 2 rings (SSSR count). The second-order valence-corrected chi connectivity index (χ2v) is 5.53. The first-order valence-electron chi connectivity index (χ1n) is 6.28. The zero-order chi connectivity index (χ0) is 12.1. The van der Waals surface area contributed by atoms with Crippen molar-refractivity contribution in [2.45, 2.75) is 32.6 Å². The third kappa shape index (κ3) is 3.43. The standard InChI is InChI=1S/C14H19NOS/c1-12(11-13-7-6-10-17-13)14(16)15-8-4-2-3-5-9-15/h6-7,10-11H,2-5,8-9H2,1H3/b12-11+. The second kappa shape index (κ2) is 6.01. The number of carbonyl (C=O) groups is 1. The Kier molecular flexibility index (Phi) is 4.37. The Labute approximate surface area is 107 Å². The van der Waals surface area contributed by atoms with Crippen LogP contribution in [0.25, 0.3) is 6.08 Å². The van der Waals surface area contributed by atoms with Crippen LogP contribution in [0.2, 0.25) is 0 Å². The van der Waals surface area contributed by atoms with Crippen LogP contribution in [-0.4, -0.2) is 23.9 Å². The van der Waals surface area contributed by atoms with Gasteiger partial charge in [0.2, 0.25) is 5.91 Å². The van der Waals surface area contributed by atoms with Crippen molar-refractivity contribution in [1.29, 1.82) is 0 Å². The Bertz CT molecular complexity index is 386. The molecule has 0 unspecified atom stereocenters. The van der Waals surface area contributed by atoms with Gasteiger partial charge in [-0.15, -0.1) is 11.3 Å². The van der Waals surface area contributed by atoms with Gasteiger partial charge in [0.15, 0.2) is 0 Å². The van der Waals surface area contributed by atoms with Crippen LogP contribution < -0.4 is 0 Å². The van der Waals surface area contributed by atoms with Crippen LogP contribution in [-0.2, 0) is 4.79 Å². The number of thiophene rings is 1. The minimum Gasteiger partial charge on any atom is -0.339 e. The molecular formula is C14H19NOS. The summed E-state index contributed by atoms with van der Waals surface area (Å²) in [4.78, 5) is 15.4. The van der Waals surface area contributed by atoms with Crippen molar-refractivity contribution in [3.63, 3.8) is 0 Å². The van der Waals surface area contributed by atoms with E-state index in [1.807, 2.05) is 35.4 Å². The molecule has 92 valence electrons. The van der Waals surface area contributed by atoms with Crippen molar-refractivity contribution in [2.24, 2.45) is 0 Å². The summed E-state index contributed by atoms with van der Waals surface area (Å²) >= 11 is 1.67. The third-order valence-corrected chi connectivity index (χ3v) is 3.95. The lowest BCUT2D eigenvalue weighted by Gasteiger charge is -2.20. The van der Waals surface area contributed by atoms with Crippen LogP contribution in [0, 0.1) is 0 Å². The zero-order valence-corrected chi connectivity index (χ0v) is 11.1. The van der Waals surface area contributed by atoms with Crippen molar-refractivity contribution in [3.8, 4) is 0 Å². The van der Waals surface area contributed by atoms with Gasteiger partial charge in [0.1, 0.15) is 0 Å². The van der Waals surface area contributed by atoms with Crippen molar-refractivity contribution in [1.82, 2.24) is 4.90 Å². The van der Waals surface area contributed by atoms with Gasteiger partial charge < -0.3 is 4.90 Å². The molecule has 0 N–H and O–H groups in total. The predicted molar refractivity (Wildman–Crippen MR) is 73.0 cm³/mol. The number of amides is 1. The molecule has 1 aromatic rings. The molecule has 1 saturated heterocycles. The SMILES string of the molecule is C/C(=C\c1cccs1)C(=O)N1CCCCCC1. The van der Waals surface area contributed by atoms with Gasteiger partial charge in [0, 0.05) is 23.5 Å². The molecule has 3 heteroatoms. The first kappa shape index (κ1) is 12.4. The highest BCUT2D eigenvalue weighted by Gasteiger charge is 2.16. The summed E-state index contributed by atoms with van der Waals surface area (Å²) in [7, 11) is 0. The van der Waals surface area contributed by atoms with E-state index < -0.39 is 0 Å². The van der Waals surface area contributed by atoms with Crippen molar-refractivity contribution in [3.05, 3.63) is 28.0 Å². The van der Waals surface area contributed by atoms with E-state index in [1.165, 1.54) is 12.8 Å². The summed E-state index contributed by atoms with van der Waals surface area (Å²) in [6.45, 7) is 3.77. The van der Waals surface area contributed by atoms with Gasteiger partial charge in [-0.3, -0.25) is 4.79 Å². The Balaban J connectivity index is 2.03. The largest absolute Gasteiger partial charge is 0.339 e. The maximum Gasteiger partial charge on any atom is 0.249 e. The summed E-state index contributed by atoms with van der Waals surface area (Å²) in [6.07, 6.45) is 6.82. The maximum absolute atomic E-state index is 12.2. The summed E-state index contributed by atoms with van der Waals surface area (Å²) in [5, 5.41) is 2.04. The van der Waals surface area contributed by atoms with Gasteiger partial charge in [0.05, 0.1) is 0 Å². The monoisotopic (exact) mass is 249 g/mol. The quantitative estimate of drug-likeness (QED) is 0.734. The highest BCUT2D eigenvalue weighted by atomic mass is 32.1. The lowest BCUT2D eigenvalue weighted by Crippen LogP contribution is -2.32. The topological polar surface area (TPSA) is 20.3 Å². The summed E-state index contributed by atoms with van der Waals surface area (Å²) in [5.74, 6) is 0.209. The highest BCUT2D eigenvalue weighted by molar-refractivity contribution is 7.10. The van der Waals surface area contributed by atoms with E-state index >= 15 is 0 Å². The minimum atomic E-state index is 0.209. The first-order valence-corrected chi connectivity index (χ1v) is 7.16. The van der Waals surface area contributed by atoms with Crippen LogP contribution in [0.5, 0.6) is 0 Å². The molecule has 2 heterocycles. The fraction of sp³-hybridized carbons (Fsp3) is 0.500. The molecule has 2 nitrogen and oxygen atoms in total. The van der Waals surface area contributed by atoms with Gasteiger partial charge in [-0.05, 0) is 37.3 Å². The lowest BCUT2D eigenvalue weighted by atomic mass is 10.2. The van der Waals surface area contributed by atoms with E-state index in [1.54, 1.807) is 11.3 Å². The van der Waals surface area contributed by atoms with Crippen molar-refractivity contribution < 1.29 is 4.79 Å². The van der Waals surface area contributed by atoms with Crippen LogP contribution >= 0.6 is 11.3 Å². The Hall–Kier alpha value is -1.09. The number of nitrogens with zero attached hydrogens (tertiary/aromatic N) is 1. The molecule has 17 heavy (non-hydrogen) atoms. The average molecular weight is 249 g/mol. The van der Waals surface area contributed by atoms with Crippen LogP contribution in [0.1, 0.15) is 37.5 Å². The molecule has 0 saturated carbocycles. The molecule has 0 spiro atoms. The fourth-order valence-electron chi connectivity index (χ4n) is 2.17. The Morgan fingerprint density at radius 3 is 2.59 bits per heavy atom.